The highest BCUT2D eigenvalue weighted by Gasteiger charge is 2.50. The molecular formula is C27H42O. The summed E-state index contributed by atoms with van der Waals surface area (Å²) in [7, 11) is 0. The Labute approximate surface area is 173 Å². The quantitative estimate of drug-likeness (QED) is 0.503. The fraction of sp³-hybridized carbons (Fsp3) is 0.704. The van der Waals surface area contributed by atoms with Crippen LogP contribution in [0.4, 0.5) is 0 Å². The van der Waals surface area contributed by atoms with E-state index in [-0.39, 0.29) is 0 Å². The summed E-state index contributed by atoms with van der Waals surface area (Å²) in [6.45, 7) is 13.2. The Hall–Kier alpha value is -1.08. The molecule has 0 aromatic rings. The first kappa shape index (κ1) is 21.6. The molecule has 0 aromatic carbocycles. The van der Waals surface area contributed by atoms with Crippen LogP contribution in [0.2, 0.25) is 0 Å². The van der Waals surface area contributed by atoms with Crippen LogP contribution in [0.15, 0.2) is 47.6 Å². The minimum atomic E-state index is -0.520. The van der Waals surface area contributed by atoms with Crippen molar-refractivity contribution in [3.8, 4) is 0 Å². The number of rotatable bonds is 6. The molecule has 2 saturated carbocycles. The Bertz CT molecular complexity index is 656. The van der Waals surface area contributed by atoms with Crippen LogP contribution >= 0.6 is 0 Å². The topological polar surface area (TPSA) is 20.2 Å². The molecule has 156 valence electrons. The Morgan fingerprint density at radius 3 is 2.79 bits per heavy atom. The number of aliphatic hydroxyl groups is 1. The molecular weight excluding hydrogens is 340 g/mol. The van der Waals surface area contributed by atoms with Crippen molar-refractivity contribution in [1.82, 2.24) is 0 Å². The smallest absolute Gasteiger partial charge is 0.0591 e. The van der Waals surface area contributed by atoms with Gasteiger partial charge >= 0.3 is 0 Å². The van der Waals surface area contributed by atoms with Gasteiger partial charge in [0.15, 0.2) is 0 Å². The van der Waals surface area contributed by atoms with Crippen LogP contribution in [0.5, 0.6) is 0 Å². The monoisotopic (exact) mass is 382 g/mol. The van der Waals surface area contributed by atoms with Gasteiger partial charge in [0, 0.05) is 0 Å². The molecule has 28 heavy (non-hydrogen) atoms. The van der Waals surface area contributed by atoms with Crippen LogP contribution in [0.25, 0.3) is 0 Å². The molecule has 0 unspecified atom stereocenters. The molecule has 1 N–H and O–H groups in total. The van der Waals surface area contributed by atoms with Gasteiger partial charge < -0.3 is 5.11 Å². The summed E-state index contributed by atoms with van der Waals surface area (Å²) in [5.74, 6) is 2.36. The molecule has 0 heterocycles. The summed E-state index contributed by atoms with van der Waals surface area (Å²) in [5.41, 5.74) is 4.27. The lowest BCUT2D eigenvalue weighted by Crippen LogP contribution is -2.36. The second kappa shape index (κ2) is 8.74. The van der Waals surface area contributed by atoms with E-state index >= 15 is 0 Å². The SMILES string of the molecule is C=C1CCC=C/C1=C/C=C1/CCC[C@]2(C)[C@@H]([C@H](C)CCCC(C)(C)O)CC[C@@H]12. The summed E-state index contributed by atoms with van der Waals surface area (Å²) in [6.07, 6.45) is 21.7. The molecule has 2 fully saturated rings. The normalized spacial score (nSPS) is 34.8. The van der Waals surface area contributed by atoms with E-state index in [2.05, 4.69) is 44.7 Å². The van der Waals surface area contributed by atoms with Crippen LogP contribution in [0.3, 0.4) is 0 Å². The zero-order valence-corrected chi connectivity index (χ0v) is 18.8. The van der Waals surface area contributed by atoms with E-state index in [1.807, 2.05) is 13.8 Å². The first-order valence-electron chi connectivity index (χ1n) is 11.7. The third kappa shape index (κ3) is 4.90. The Morgan fingerprint density at radius 2 is 2.07 bits per heavy atom. The molecule has 0 aliphatic heterocycles. The van der Waals surface area contributed by atoms with Gasteiger partial charge in [0.05, 0.1) is 5.60 Å². The van der Waals surface area contributed by atoms with Crippen molar-refractivity contribution in [2.24, 2.45) is 23.2 Å². The summed E-state index contributed by atoms with van der Waals surface area (Å²) in [6, 6.07) is 0. The maximum Gasteiger partial charge on any atom is 0.0591 e. The highest BCUT2D eigenvalue weighted by atomic mass is 16.3. The van der Waals surface area contributed by atoms with Gasteiger partial charge in [0.1, 0.15) is 0 Å². The van der Waals surface area contributed by atoms with E-state index in [0.29, 0.717) is 5.41 Å². The van der Waals surface area contributed by atoms with E-state index < -0.39 is 5.60 Å². The number of fused-ring (bicyclic) bond motifs is 1. The van der Waals surface area contributed by atoms with E-state index in [1.165, 1.54) is 49.7 Å². The van der Waals surface area contributed by atoms with Crippen LogP contribution in [0, 0.1) is 23.2 Å². The number of allylic oxidation sites excluding steroid dienone is 7. The second-order valence-corrected chi connectivity index (χ2v) is 10.7. The lowest BCUT2D eigenvalue weighted by Gasteiger charge is -2.44. The van der Waals surface area contributed by atoms with Crippen molar-refractivity contribution in [3.05, 3.63) is 47.6 Å². The van der Waals surface area contributed by atoms with Crippen LogP contribution < -0.4 is 0 Å². The average molecular weight is 383 g/mol. The minimum Gasteiger partial charge on any atom is -0.390 e. The standard InChI is InChI=1S/C27H42O/c1-20-10-6-7-12-22(20)14-15-23-13-9-19-27(5)24(16-17-25(23)27)21(2)11-8-18-26(3,4)28/h7,12,14-15,21,24-25,28H,1,6,8-11,13,16-19H2,2-5H3/b22-14-,23-15-/t21-,24-,25+,27-/m1/s1. The molecule has 0 spiro atoms. The van der Waals surface area contributed by atoms with Crippen molar-refractivity contribution in [3.63, 3.8) is 0 Å². The maximum atomic E-state index is 10.0. The van der Waals surface area contributed by atoms with E-state index in [9.17, 15) is 5.11 Å². The Morgan fingerprint density at radius 1 is 1.29 bits per heavy atom. The van der Waals surface area contributed by atoms with Crippen molar-refractivity contribution >= 4 is 0 Å². The molecule has 4 atom stereocenters. The van der Waals surface area contributed by atoms with Gasteiger partial charge in [-0.2, -0.15) is 0 Å². The second-order valence-electron chi connectivity index (χ2n) is 10.7. The fourth-order valence-electron chi connectivity index (χ4n) is 6.37. The molecule has 3 aliphatic rings. The van der Waals surface area contributed by atoms with Crippen molar-refractivity contribution < 1.29 is 5.11 Å². The van der Waals surface area contributed by atoms with Gasteiger partial charge in [-0.3, -0.25) is 0 Å². The third-order valence-corrected chi connectivity index (χ3v) is 7.97. The summed E-state index contributed by atoms with van der Waals surface area (Å²) >= 11 is 0. The van der Waals surface area contributed by atoms with E-state index in [1.54, 1.807) is 5.57 Å². The lowest BCUT2D eigenvalue weighted by atomic mass is 9.60. The third-order valence-electron chi connectivity index (χ3n) is 7.97. The van der Waals surface area contributed by atoms with Crippen molar-refractivity contribution in [2.45, 2.75) is 97.5 Å². The number of hydrogen-bond acceptors (Lipinski definition) is 1. The zero-order chi connectivity index (χ0) is 20.4. The first-order chi connectivity index (χ1) is 13.2. The van der Waals surface area contributed by atoms with Crippen LogP contribution in [-0.4, -0.2) is 10.7 Å². The number of hydrogen-bond donors (Lipinski definition) is 1. The predicted molar refractivity (Wildman–Crippen MR) is 121 cm³/mol. The highest BCUT2D eigenvalue weighted by Crippen LogP contribution is 2.59. The van der Waals surface area contributed by atoms with Gasteiger partial charge in [-0.15, -0.1) is 0 Å². The van der Waals surface area contributed by atoms with Crippen molar-refractivity contribution in [2.75, 3.05) is 0 Å². The van der Waals surface area contributed by atoms with Gasteiger partial charge in [0.25, 0.3) is 0 Å². The zero-order valence-electron chi connectivity index (χ0n) is 18.8. The van der Waals surface area contributed by atoms with Crippen molar-refractivity contribution in [1.29, 1.82) is 0 Å². The van der Waals surface area contributed by atoms with Crippen LogP contribution in [0.1, 0.15) is 91.9 Å². The Balaban J connectivity index is 1.69. The maximum absolute atomic E-state index is 10.0. The van der Waals surface area contributed by atoms with Crippen LogP contribution in [-0.2, 0) is 0 Å². The summed E-state index contributed by atoms with van der Waals surface area (Å²) in [4.78, 5) is 0. The van der Waals surface area contributed by atoms with Gasteiger partial charge in [-0.25, -0.2) is 0 Å². The van der Waals surface area contributed by atoms with Gasteiger partial charge in [-0.1, -0.05) is 63.1 Å². The molecule has 0 aromatic heterocycles. The largest absolute Gasteiger partial charge is 0.390 e. The molecule has 1 nitrogen and oxygen atoms in total. The average Bonchev–Trinajstić information content (AvgIpc) is 2.97. The highest BCUT2D eigenvalue weighted by molar-refractivity contribution is 5.43. The molecule has 0 radical (unpaired) electrons. The molecule has 3 rings (SSSR count). The summed E-state index contributed by atoms with van der Waals surface area (Å²) < 4.78 is 0. The fourth-order valence-corrected chi connectivity index (χ4v) is 6.37. The predicted octanol–water partition coefficient (Wildman–Crippen LogP) is 7.54. The van der Waals surface area contributed by atoms with Gasteiger partial charge in [0.2, 0.25) is 0 Å². The lowest BCUT2D eigenvalue weighted by molar-refractivity contribution is 0.0597. The minimum absolute atomic E-state index is 0.468. The molecule has 0 amide bonds. The van der Waals surface area contributed by atoms with Gasteiger partial charge in [-0.05, 0) is 99.5 Å². The summed E-state index contributed by atoms with van der Waals surface area (Å²) in [5, 5.41) is 10.0. The molecule has 0 saturated heterocycles. The van der Waals surface area contributed by atoms with E-state index in [0.717, 1.165) is 43.4 Å². The molecule has 3 aliphatic carbocycles. The van der Waals surface area contributed by atoms with E-state index in [4.69, 9.17) is 0 Å². The molecule has 1 heteroatoms. The first-order valence-corrected chi connectivity index (χ1v) is 11.7. The molecule has 0 bridgehead atoms. The Kier molecular flexibility index (Phi) is 6.75.